The number of benzene rings is 2. The summed E-state index contributed by atoms with van der Waals surface area (Å²) in [5, 5.41) is 5.32. The Balaban J connectivity index is 2.03. The van der Waals surface area contributed by atoms with E-state index in [9.17, 15) is 9.59 Å². The average molecular weight is 370 g/mol. The van der Waals surface area contributed by atoms with Crippen molar-refractivity contribution < 1.29 is 19.1 Å². The topological polar surface area (TPSA) is 76.7 Å². The van der Waals surface area contributed by atoms with Gasteiger partial charge in [0.15, 0.2) is 0 Å². The summed E-state index contributed by atoms with van der Waals surface area (Å²) in [7, 11) is 3.12. The number of ether oxygens (including phenoxy) is 2. The third-order valence-corrected chi connectivity index (χ3v) is 4.34. The first-order valence-corrected chi connectivity index (χ1v) is 8.70. The SMILES string of the molecule is COc1ccccc1C(CNC(=O)C(=O)Nc1c(C)cc(C)cc1C)OC. The fourth-order valence-electron chi connectivity index (χ4n) is 3.07. The van der Waals surface area contributed by atoms with Gasteiger partial charge < -0.3 is 20.1 Å². The summed E-state index contributed by atoms with van der Waals surface area (Å²) in [5.74, 6) is -0.764. The Kier molecular flexibility index (Phi) is 6.96. The number of nitrogens with one attached hydrogen (secondary N) is 2. The van der Waals surface area contributed by atoms with Gasteiger partial charge in [0.2, 0.25) is 0 Å². The summed E-state index contributed by atoms with van der Waals surface area (Å²) in [6, 6.07) is 11.3. The van der Waals surface area contributed by atoms with Crippen LogP contribution in [0.3, 0.4) is 0 Å². The zero-order valence-corrected chi connectivity index (χ0v) is 16.4. The van der Waals surface area contributed by atoms with E-state index in [0.717, 1.165) is 22.3 Å². The second-order valence-corrected chi connectivity index (χ2v) is 6.40. The van der Waals surface area contributed by atoms with Crippen LogP contribution in [0.1, 0.15) is 28.4 Å². The van der Waals surface area contributed by atoms with E-state index in [1.807, 2.05) is 57.2 Å². The number of anilines is 1. The van der Waals surface area contributed by atoms with Crippen LogP contribution in [0.4, 0.5) is 5.69 Å². The molecule has 0 aliphatic heterocycles. The number of carbonyl (C=O) groups is 2. The highest BCUT2D eigenvalue weighted by Gasteiger charge is 2.20. The lowest BCUT2D eigenvalue weighted by Crippen LogP contribution is -2.38. The van der Waals surface area contributed by atoms with E-state index < -0.39 is 17.9 Å². The first-order chi connectivity index (χ1) is 12.9. The van der Waals surface area contributed by atoms with Crippen molar-refractivity contribution in [3.05, 3.63) is 58.7 Å². The van der Waals surface area contributed by atoms with Gasteiger partial charge in [0.1, 0.15) is 11.9 Å². The number of para-hydroxylation sites is 1. The Morgan fingerprint density at radius 3 is 2.22 bits per heavy atom. The molecule has 2 N–H and O–H groups in total. The van der Waals surface area contributed by atoms with Crippen LogP contribution in [0.25, 0.3) is 0 Å². The smallest absolute Gasteiger partial charge is 0.313 e. The van der Waals surface area contributed by atoms with E-state index in [1.54, 1.807) is 14.2 Å². The first kappa shape index (κ1) is 20.5. The normalized spacial score (nSPS) is 11.6. The van der Waals surface area contributed by atoms with Crippen LogP contribution in [-0.4, -0.2) is 32.6 Å². The molecule has 1 unspecified atom stereocenters. The third kappa shape index (κ3) is 5.08. The predicted molar refractivity (Wildman–Crippen MR) is 105 cm³/mol. The Morgan fingerprint density at radius 1 is 1.00 bits per heavy atom. The van der Waals surface area contributed by atoms with Gasteiger partial charge in [-0.05, 0) is 38.0 Å². The maximum absolute atomic E-state index is 12.3. The van der Waals surface area contributed by atoms with E-state index in [-0.39, 0.29) is 6.54 Å². The van der Waals surface area contributed by atoms with Crippen molar-refractivity contribution in [2.45, 2.75) is 26.9 Å². The molecule has 0 aromatic heterocycles. The second-order valence-electron chi connectivity index (χ2n) is 6.40. The highest BCUT2D eigenvalue weighted by atomic mass is 16.5. The monoisotopic (exact) mass is 370 g/mol. The van der Waals surface area contributed by atoms with Gasteiger partial charge in [-0.3, -0.25) is 9.59 Å². The molecule has 0 saturated heterocycles. The highest BCUT2D eigenvalue weighted by Crippen LogP contribution is 2.26. The molecule has 6 nitrogen and oxygen atoms in total. The van der Waals surface area contributed by atoms with Crippen molar-refractivity contribution in [2.75, 3.05) is 26.1 Å². The predicted octanol–water partition coefficient (Wildman–Crippen LogP) is 3.06. The number of rotatable bonds is 6. The van der Waals surface area contributed by atoms with E-state index >= 15 is 0 Å². The molecule has 0 fully saturated rings. The standard InChI is InChI=1S/C21H26N2O4/c1-13-10-14(2)19(15(3)11-13)23-21(25)20(24)22-12-18(27-5)16-8-6-7-9-17(16)26-4/h6-11,18H,12H2,1-5H3,(H,22,24)(H,23,25). The lowest BCUT2D eigenvalue weighted by molar-refractivity contribution is -0.136. The van der Waals surface area contributed by atoms with E-state index in [2.05, 4.69) is 10.6 Å². The van der Waals surface area contributed by atoms with Crippen molar-refractivity contribution in [1.29, 1.82) is 0 Å². The minimum Gasteiger partial charge on any atom is -0.496 e. The molecule has 1 atom stereocenters. The van der Waals surface area contributed by atoms with Crippen LogP contribution >= 0.6 is 0 Å². The second kappa shape index (κ2) is 9.19. The van der Waals surface area contributed by atoms with Crippen LogP contribution in [0, 0.1) is 20.8 Å². The number of methoxy groups -OCH3 is 2. The van der Waals surface area contributed by atoms with Crippen molar-refractivity contribution in [2.24, 2.45) is 0 Å². The molecule has 0 heterocycles. The summed E-state index contributed by atoms with van der Waals surface area (Å²) in [4.78, 5) is 24.5. The molecule has 0 aliphatic carbocycles. The van der Waals surface area contributed by atoms with Crippen LogP contribution in [0.15, 0.2) is 36.4 Å². The average Bonchev–Trinajstić information content (AvgIpc) is 2.65. The maximum atomic E-state index is 12.3. The Bertz CT molecular complexity index is 810. The van der Waals surface area contributed by atoms with Gasteiger partial charge >= 0.3 is 11.8 Å². The molecule has 6 heteroatoms. The Morgan fingerprint density at radius 2 is 1.63 bits per heavy atom. The zero-order chi connectivity index (χ0) is 20.0. The summed E-state index contributed by atoms with van der Waals surface area (Å²) >= 11 is 0. The molecule has 2 aromatic rings. The number of hydrogen-bond donors (Lipinski definition) is 2. The maximum Gasteiger partial charge on any atom is 0.313 e. The molecular weight excluding hydrogens is 344 g/mol. The first-order valence-electron chi connectivity index (χ1n) is 8.70. The minimum absolute atomic E-state index is 0.148. The molecular formula is C21H26N2O4. The van der Waals surface area contributed by atoms with Crippen LogP contribution in [-0.2, 0) is 14.3 Å². The Hall–Kier alpha value is -2.86. The molecule has 0 spiro atoms. The molecule has 2 rings (SSSR count). The summed E-state index contributed by atoms with van der Waals surface area (Å²) in [6.45, 7) is 5.93. The van der Waals surface area contributed by atoms with Gasteiger partial charge in [0.05, 0.1) is 7.11 Å². The van der Waals surface area contributed by atoms with Crippen LogP contribution in [0.5, 0.6) is 5.75 Å². The summed E-state index contributed by atoms with van der Waals surface area (Å²) in [5.41, 5.74) is 4.39. The largest absolute Gasteiger partial charge is 0.496 e. The number of aryl methyl sites for hydroxylation is 3. The fourth-order valence-corrected chi connectivity index (χ4v) is 3.07. The van der Waals surface area contributed by atoms with E-state index in [0.29, 0.717) is 11.4 Å². The molecule has 0 radical (unpaired) electrons. The molecule has 0 bridgehead atoms. The molecule has 144 valence electrons. The minimum atomic E-state index is -0.716. The third-order valence-electron chi connectivity index (χ3n) is 4.34. The number of carbonyl (C=O) groups excluding carboxylic acids is 2. The van der Waals surface area contributed by atoms with E-state index in [4.69, 9.17) is 9.47 Å². The molecule has 27 heavy (non-hydrogen) atoms. The van der Waals surface area contributed by atoms with Crippen molar-refractivity contribution >= 4 is 17.5 Å². The van der Waals surface area contributed by atoms with Crippen molar-refractivity contribution in [3.63, 3.8) is 0 Å². The highest BCUT2D eigenvalue weighted by molar-refractivity contribution is 6.39. The van der Waals surface area contributed by atoms with Gasteiger partial charge in [-0.2, -0.15) is 0 Å². The van der Waals surface area contributed by atoms with Gasteiger partial charge in [-0.25, -0.2) is 0 Å². The van der Waals surface area contributed by atoms with Gasteiger partial charge in [-0.15, -0.1) is 0 Å². The fraction of sp³-hybridized carbons (Fsp3) is 0.333. The lowest BCUT2D eigenvalue weighted by Gasteiger charge is -2.19. The molecule has 0 aliphatic rings. The van der Waals surface area contributed by atoms with Crippen LogP contribution in [0.2, 0.25) is 0 Å². The lowest BCUT2D eigenvalue weighted by atomic mass is 10.1. The quantitative estimate of drug-likeness (QED) is 0.766. The molecule has 2 amide bonds. The number of hydrogen-bond acceptors (Lipinski definition) is 4. The van der Waals surface area contributed by atoms with Crippen molar-refractivity contribution in [1.82, 2.24) is 5.32 Å². The summed E-state index contributed by atoms with van der Waals surface area (Å²) in [6.07, 6.45) is -0.430. The summed E-state index contributed by atoms with van der Waals surface area (Å²) < 4.78 is 10.8. The van der Waals surface area contributed by atoms with Gasteiger partial charge in [0.25, 0.3) is 0 Å². The van der Waals surface area contributed by atoms with Crippen LogP contribution < -0.4 is 15.4 Å². The Labute approximate surface area is 159 Å². The van der Waals surface area contributed by atoms with Gasteiger partial charge in [-0.1, -0.05) is 35.9 Å². The van der Waals surface area contributed by atoms with E-state index in [1.165, 1.54) is 0 Å². The zero-order valence-electron chi connectivity index (χ0n) is 16.4. The number of amides is 2. The molecule has 0 saturated carbocycles. The molecule has 2 aromatic carbocycles. The van der Waals surface area contributed by atoms with Gasteiger partial charge in [0, 0.05) is 24.9 Å². The van der Waals surface area contributed by atoms with Crippen molar-refractivity contribution in [3.8, 4) is 5.75 Å².